The zero-order valence-electron chi connectivity index (χ0n) is 10.1. The number of aliphatic hydroxyl groups excluding tert-OH is 6. The number of rotatable bonds is 8. The Bertz CT molecular complexity index is 246. The normalized spacial score (nSPS) is 19.7. The van der Waals surface area contributed by atoms with Crippen molar-refractivity contribution in [3.8, 4) is 0 Å². The SMILES string of the molecule is CC[C@@H](CO)NC(=O)[C@H](O)[C@@H](O)[C@H](O)[C@H](O)CO. The molecule has 0 aromatic rings. The molecule has 108 valence electrons. The highest BCUT2D eigenvalue weighted by Crippen LogP contribution is 2.06. The van der Waals surface area contributed by atoms with Crippen molar-refractivity contribution in [1.29, 1.82) is 0 Å². The molecule has 7 N–H and O–H groups in total. The summed E-state index contributed by atoms with van der Waals surface area (Å²) in [6.45, 7) is 0.558. The number of hydrogen-bond acceptors (Lipinski definition) is 7. The van der Waals surface area contributed by atoms with Gasteiger partial charge in [-0.05, 0) is 6.42 Å². The van der Waals surface area contributed by atoms with Crippen molar-refractivity contribution in [3.63, 3.8) is 0 Å². The van der Waals surface area contributed by atoms with Crippen LogP contribution in [0.3, 0.4) is 0 Å². The van der Waals surface area contributed by atoms with E-state index in [0.29, 0.717) is 6.42 Å². The number of nitrogens with one attached hydrogen (secondary N) is 1. The minimum absolute atomic E-state index is 0.327. The number of carbonyl (C=O) groups is 1. The molecule has 0 aromatic heterocycles. The topological polar surface area (TPSA) is 150 Å². The van der Waals surface area contributed by atoms with E-state index in [2.05, 4.69) is 5.32 Å². The molecule has 8 nitrogen and oxygen atoms in total. The molecule has 0 aliphatic heterocycles. The summed E-state index contributed by atoms with van der Waals surface area (Å²) < 4.78 is 0. The molecule has 0 radical (unpaired) electrons. The van der Waals surface area contributed by atoms with E-state index < -0.39 is 43.0 Å². The molecule has 0 spiro atoms. The summed E-state index contributed by atoms with van der Waals surface area (Å²) in [4.78, 5) is 11.4. The van der Waals surface area contributed by atoms with E-state index in [0.717, 1.165) is 0 Å². The van der Waals surface area contributed by atoms with Crippen molar-refractivity contribution >= 4 is 5.91 Å². The second kappa shape index (κ2) is 8.35. The van der Waals surface area contributed by atoms with Crippen LogP contribution in [0.1, 0.15) is 13.3 Å². The smallest absolute Gasteiger partial charge is 0.251 e. The number of aliphatic hydroxyl groups is 6. The molecule has 0 saturated carbocycles. The molecule has 1 amide bonds. The van der Waals surface area contributed by atoms with Gasteiger partial charge in [-0.2, -0.15) is 0 Å². The molecule has 0 saturated heterocycles. The Hall–Kier alpha value is -0.770. The summed E-state index contributed by atoms with van der Waals surface area (Å²) in [5.74, 6) is -0.979. The van der Waals surface area contributed by atoms with Gasteiger partial charge in [-0.1, -0.05) is 6.92 Å². The molecule has 0 aliphatic rings. The van der Waals surface area contributed by atoms with Gasteiger partial charge in [-0.3, -0.25) is 4.79 Å². The summed E-state index contributed by atoms with van der Waals surface area (Å²) in [6, 6.07) is -0.570. The van der Waals surface area contributed by atoms with Crippen LogP contribution in [0.5, 0.6) is 0 Å². The third kappa shape index (κ3) is 4.84. The fraction of sp³-hybridized carbons (Fsp3) is 0.900. The van der Waals surface area contributed by atoms with Crippen molar-refractivity contribution in [2.75, 3.05) is 13.2 Å². The first kappa shape index (κ1) is 17.2. The van der Waals surface area contributed by atoms with Crippen LogP contribution in [0.4, 0.5) is 0 Å². The highest BCUT2D eigenvalue weighted by Gasteiger charge is 2.34. The van der Waals surface area contributed by atoms with E-state index in [-0.39, 0.29) is 6.61 Å². The summed E-state index contributed by atoms with van der Waals surface area (Å²) in [5.41, 5.74) is 0. The van der Waals surface area contributed by atoms with Crippen LogP contribution >= 0.6 is 0 Å². The fourth-order valence-electron chi connectivity index (χ4n) is 1.24. The second-order valence-corrected chi connectivity index (χ2v) is 3.97. The third-order valence-electron chi connectivity index (χ3n) is 2.58. The quantitative estimate of drug-likeness (QED) is 0.239. The van der Waals surface area contributed by atoms with Crippen LogP contribution in [0.2, 0.25) is 0 Å². The first-order chi connectivity index (χ1) is 8.38. The molecular weight excluding hydrogens is 246 g/mol. The van der Waals surface area contributed by atoms with Gasteiger partial charge < -0.3 is 36.0 Å². The molecule has 0 bridgehead atoms. The average Bonchev–Trinajstić information content (AvgIpc) is 2.40. The number of carbonyl (C=O) groups excluding carboxylic acids is 1. The Labute approximate surface area is 105 Å². The lowest BCUT2D eigenvalue weighted by molar-refractivity contribution is -0.149. The molecule has 18 heavy (non-hydrogen) atoms. The first-order valence-corrected chi connectivity index (χ1v) is 5.63. The minimum atomic E-state index is -1.97. The van der Waals surface area contributed by atoms with Gasteiger partial charge in [-0.15, -0.1) is 0 Å². The molecule has 0 aliphatic carbocycles. The van der Waals surface area contributed by atoms with Crippen LogP contribution < -0.4 is 5.32 Å². The van der Waals surface area contributed by atoms with E-state index in [1.165, 1.54) is 0 Å². The maximum absolute atomic E-state index is 11.4. The first-order valence-electron chi connectivity index (χ1n) is 5.63. The minimum Gasteiger partial charge on any atom is -0.394 e. The van der Waals surface area contributed by atoms with Crippen molar-refractivity contribution in [2.24, 2.45) is 0 Å². The molecule has 0 fully saturated rings. The van der Waals surface area contributed by atoms with Gasteiger partial charge in [0, 0.05) is 0 Å². The highest BCUT2D eigenvalue weighted by atomic mass is 16.4. The van der Waals surface area contributed by atoms with Crippen molar-refractivity contribution < 1.29 is 35.4 Å². The standard InChI is InChI=1S/C10H21NO7/c1-2-5(3-12)11-10(18)9(17)8(16)7(15)6(14)4-13/h5-9,12-17H,2-4H2,1H3,(H,11,18)/t5-,6+,7+,8-,9+/m0/s1. The molecule has 0 heterocycles. The van der Waals surface area contributed by atoms with Crippen molar-refractivity contribution in [2.45, 2.75) is 43.8 Å². The summed E-state index contributed by atoms with van der Waals surface area (Å²) >= 11 is 0. The van der Waals surface area contributed by atoms with Crippen LogP contribution in [0, 0.1) is 0 Å². The molecule has 0 unspecified atom stereocenters. The Morgan fingerprint density at radius 3 is 2.00 bits per heavy atom. The van der Waals surface area contributed by atoms with E-state index in [9.17, 15) is 20.1 Å². The van der Waals surface area contributed by atoms with Gasteiger partial charge in [0.1, 0.15) is 18.3 Å². The predicted octanol–water partition coefficient (Wildman–Crippen LogP) is -3.69. The van der Waals surface area contributed by atoms with Gasteiger partial charge in [-0.25, -0.2) is 0 Å². The lowest BCUT2D eigenvalue weighted by Crippen LogP contribution is -2.53. The maximum atomic E-state index is 11.4. The fourth-order valence-corrected chi connectivity index (χ4v) is 1.24. The molecular formula is C10H21NO7. The lowest BCUT2D eigenvalue weighted by Gasteiger charge is -2.26. The third-order valence-corrected chi connectivity index (χ3v) is 2.58. The molecule has 0 aromatic carbocycles. The summed E-state index contributed by atoms with van der Waals surface area (Å²) in [6.07, 6.45) is -7.01. The second-order valence-electron chi connectivity index (χ2n) is 3.97. The Balaban J connectivity index is 4.44. The molecule has 5 atom stereocenters. The van der Waals surface area contributed by atoms with Crippen LogP contribution in [0.25, 0.3) is 0 Å². The largest absolute Gasteiger partial charge is 0.394 e. The van der Waals surface area contributed by atoms with Crippen LogP contribution in [-0.2, 0) is 4.79 Å². The van der Waals surface area contributed by atoms with Gasteiger partial charge in [0.05, 0.1) is 19.3 Å². The zero-order chi connectivity index (χ0) is 14.3. The van der Waals surface area contributed by atoms with Gasteiger partial charge in [0.25, 0.3) is 5.91 Å². The van der Waals surface area contributed by atoms with Crippen LogP contribution in [0.15, 0.2) is 0 Å². The van der Waals surface area contributed by atoms with E-state index in [1.807, 2.05) is 0 Å². The highest BCUT2D eigenvalue weighted by molar-refractivity contribution is 5.81. The summed E-state index contributed by atoms with van der Waals surface area (Å²) in [7, 11) is 0. The monoisotopic (exact) mass is 267 g/mol. The van der Waals surface area contributed by atoms with Crippen molar-refractivity contribution in [1.82, 2.24) is 5.32 Å². The van der Waals surface area contributed by atoms with E-state index in [4.69, 9.17) is 15.3 Å². The maximum Gasteiger partial charge on any atom is 0.251 e. The predicted molar refractivity (Wildman–Crippen MR) is 60.4 cm³/mol. The van der Waals surface area contributed by atoms with E-state index in [1.54, 1.807) is 6.92 Å². The lowest BCUT2D eigenvalue weighted by atomic mass is 10.0. The van der Waals surface area contributed by atoms with Crippen LogP contribution in [-0.4, -0.2) is 80.2 Å². The number of hydrogen-bond donors (Lipinski definition) is 7. The Morgan fingerprint density at radius 2 is 1.61 bits per heavy atom. The molecule has 0 rings (SSSR count). The Morgan fingerprint density at radius 1 is 1.06 bits per heavy atom. The molecule has 8 heteroatoms. The Kier molecular flexibility index (Phi) is 8.00. The summed E-state index contributed by atoms with van der Waals surface area (Å²) in [5, 5.41) is 56.9. The van der Waals surface area contributed by atoms with Gasteiger partial charge in [0.2, 0.25) is 0 Å². The zero-order valence-corrected chi connectivity index (χ0v) is 10.1. The van der Waals surface area contributed by atoms with Gasteiger partial charge >= 0.3 is 0 Å². The average molecular weight is 267 g/mol. The van der Waals surface area contributed by atoms with E-state index >= 15 is 0 Å². The van der Waals surface area contributed by atoms with Gasteiger partial charge in [0.15, 0.2) is 6.10 Å². The number of amides is 1. The van der Waals surface area contributed by atoms with Crippen molar-refractivity contribution in [3.05, 3.63) is 0 Å².